The van der Waals surface area contributed by atoms with Crippen molar-refractivity contribution in [2.24, 2.45) is 10.9 Å². The van der Waals surface area contributed by atoms with Gasteiger partial charge in [-0.1, -0.05) is 0 Å². The van der Waals surface area contributed by atoms with Gasteiger partial charge in [-0.05, 0) is 32.4 Å². The summed E-state index contributed by atoms with van der Waals surface area (Å²) in [5.74, 6) is -2.57. The molecular formula is C11H16F2N2O. The smallest absolute Gasteiger partial charge is 0.252 e. The second-order valence-corrected chi connectivity index (χ2v) is 5.12. The summed E-state index contributed by atoms with van der Waals surface area (Å²) in [7, 11) is 1.97. The van der Waals surface area contributed by atoms with Crippen LogP contribution in [0.3, 0.4) is 0 Å². The van der Waals surface area contributed by atoms with Gasteiger partial charge in [0.15, 0.2) is 0 Å². The Labute approximate surface area is 93.5 Å². The van der Waals surface area contributed by atoms with E-state index in [9.17, 15) is 13.6 Å². The van der Waals surface area contributed by atoms with Gasteiger partial charge in [-0.3, -0.25) is 0 Å². The van der Waals surface area contributed by atoms with E-state index in [0.29, 0.717) is 0 Å². The van der Waals surface area contributed by atoms with Crippen molar-refractivity contribution in [3.05, 3.63) is 0 Å². The fourth-order valence-electron chi connectivity index (χ4n) is 3.00. The first kappa shape index (κ1) is 11.7. The number of isocyanates is 1. The van der Waals surface area contributed by atoms with E-state index < -0.39 is 11.5 Å². The Kier molecular flexibility index (Phi) is 2.84. The van der Waals surface area contributed by atoms with E-state index in [1.165, 1.54) is 6.08 Å². The molecule has 1 aliphatic heterocycles. The summed E-state index contributed by atoms with van der Waals surface area (Å²) in [6.07, 6.45) is 2.79. The molecule has 3 nitrogen and oxygen atoms in total. The maximum absolute atomic E-state index is 13.0. The number of hydrogen-bond acceptors (Lipinski definition) is 3. The lowest BCUT2D eigenvalue weighted by Crippen LogP contribution is -2.58. The van der Waals surface area contributed by atoms with Gasteiger partial charge in [-0.15, -0.1) is 0 Å². The van der Waals surface area contributed by atoms with Crippen molar-refractivity contribution in [2.45, 2.75) is 37.1 Å². The van der Waals surface area contributed by atoms with Crippen LogP contribution < -0.4 is 0 Å². The summed E-state index contributed by atoms with van der Waals surface area (Å²) in [5.41, 5.74) is -0.833. The lowest BCUT2D eigenvalue weighted by Gasteiger charge is -2.50. The minimum Gasteiger partial charge on any atom is -0.306 e. The Morgan fingerprint density at radius 3 is 2.62 bits per heavy atom. The molecule has 0 spiro atoms. The van der Waals surface area contributed by atoms with Crippen LogP contribution in [0.2, 0.25) is 0 Å². The zero-order valence-electron chi connectivity index (χ0n) is 9.38. The molecule has 0 aromatic carbocycles. The lowest BCUT2D eigenvalue weighted by molar-refractivity contribution is -0.143. The van der Waals surface area contributed by atoms with Crippen molar-refractivity contribution in [3.8, 4) is 0 Å². The number of likely N-dealkylation sites (tertiary alicyclic amines) is 1. The van der Waals surface area contributed by atoms with Gasteiger partial charge in [0, 0.05) is 19.4 Å². The standard InChI is InChI=1S/C11H16F2N2O/c1-15-4-2-3-9(5-15)10(14-8-16)6-11(12,13)7-10/h9H,2-7H2,1H3. The van der Waals surface area contributed by atoms with Gasteiger partial charge in [0.2, 0.25) is 6.08 Å². The van der Waals surface area contributed by atoms with Crippen LogP contribution >= 0.6 is 0 Å². The zero-order valence-corrected chi connectivity index (χ0v) is 9.38. The van der Waals surface area contributed by atoms with Crippen molar-refractivity contribution in [3.63, 3.8) is 0 Å². The van der Waals surface area contributed by atoms with Crippen molar-refractivity contribution < 1.29 is 13.6 Å². The van der Waals surface area contributed by atoms with Crippen molar-refractivity contribution in [1.82, 2.24) is 4.90 Å². The minimum absolute atomic E-state index is 0.0762. The van der Waals surface area contributed by atoms with E-state index in [2.05, 4.69) is 9.89 Å². The first-order chi connectivity index (χ1) is 7.47. The van der Waals surface area contributed by atoms with Crippen LogP contribution in [0.15, 0.2) is 4.99 Å². The van der Waals surface area contributed by atoms with Gasteiger partial charge < -0.3 is 4.90 Å². The summed E-state index contributed by atoms with van der Waals surface area (Å²) in [6.45, 7) is 1.75. The van der Waals surface area contributed by atoms with Gasteiger partial charge in [0.05, 0.1) is 5.54 Å². The van der Waals surface area contributed by atoms with Crippen molar-refractivity contribution in [1.29, 1.82) is 0 Å². The average Bonchev–Trinajstić information content (AvgIpc) is 2.15. The number of piperidine rings is 1. The van der Waals surface area contributed by atoms with E-state index >= 15 is 0 Å². The fourth-order valence-corrected chi connectivity index (χ4v) is 3.00. The number of hydrogen-bond donors (Lipinski definition) is 0. The molecule has 0 radical (unpaired) electrons. The van der Waals surface area contributed by atoms with Crippen LogP contribution in [0.1, 0.15) is 25.7 Å². The van der Waals surface area contributed by atoms with Crippen LogP contribution in [0, 0.1) is 5.92 Å². The molecule has 5 heteroatoms. The molecule has 16 heavy (non-hydrogen) atoms. The molecule has 1 saturated heterocycles. The molecule has 90 valence electrons. The van der Waals surface area contributed by atoms with Crippen LogP contribution in [0.5, 0.6) is 0 Å². The van der Waals surface area contributed by atoms with Crippen LogP contribution in [-0.4, -0.2) is 42.6 Å². The maximum atomic E-state index is 13.0. The summed E-state index contributed by atoms with van der Waals surface area (Å²) < 4.78 is 26.0. The highest BCUT2D eigenvalue weighted by atomic mass is 19.3. The number of alkyl halides is 2. The number of aliphatic imine (C=N–C) groups is 1. The number of rotatable bonds is 2. The molecule has 0 amide bonds. The quantitative estimate of drug-likeness (QED) is 0.535. The van der Waals surface area contributed by atoms with Crippen molar-refractivity contribution >= 4 is 6.08 Å². The molecule has 0 N–H and O–H groups in total. The Balaban J connectivity index is 2.12. The second kappa shape index (κ2) is 3.90. The molecule has 2 aliphatic rings. The van der Waals surface area contributed by atoms with E-state index in [1.807, 2.05) is 7.05 Å². The molecule has 0 aromatic heterocycles. The molecular weight excluding hydrogens is 214 g/mol. The fraction of sp³-hybridized carbons (Fsp3) is 0.909. The third-order valence-electron chi connectivity index (χ3n) is 3.78. The van der Waals surface area contributed by atoms with Gasteiger partial charge in [-0.25, -0.2) is 13.6 Å². The summed E-state index contributed by atoms with van der Waals surface area (Å²) >= 11 is 0. The largest absolute Gasteiger partial charge is 0.306 e. The van der Waals surface area contributed by atoms with Crippen LogP contribution in [0.4, 0.5) is 8.78 Å². The second-order valence-electron chi connectivity index (χ2n) is 5.12. The molecule has 2 rings (SSSR count). The highest BCUT2D eigenvalue weighted by Crippen LogP contribution is 2.53. The number of nitrogens with zero attached hydrogens (tertiary/aromatic N) is 2. The Morgan fingerprint density at radius 1 is 1.44 bits per heavy atom. The summed E-state index contributed by atoms with van der Waals surface area (Å²) in [4.78, 5) is 16.2. The summed E-state index contributed by atoms with van der Waals surface area (Å²) in [6, 6.07) is 0. The zero-order chi connectivity index (χ0) is 11.8. The maximum Gasteiger partial charge on any atom is 0.252 e. The molecule has 0 aromatic rings. The first-order valence-electron chi connectivity index (χ1n) is 5.63. The van der Waals surface area contributed by atoms with E-state index in [4.69, 9.17) is 0 Å². The third kappa shape index (κ3) is 2.02. The van der Waals surface area contributed by atoms with Crippen molar-refractivity contribution in [2.75, 3.05) is 20.1 Å². The normalized spacial score (nSPS) is 32.6. The van der Waals surface area contributed by atoms with Gasteiger partial charge in [0.25, 0.3) is 5.92 Å². The Bertz CT molecular complexity index is 318. The minimum atomic E-state index is -2.64. The number of halogens is 2. The molecule has 1 heterocycles. The molecule has 1 aliphatic carbocycles. The first-order valence-corrected chi connectivity index (χ1v) is 5.63. The highest BCUT2D eigenvalue weighted by Gasteiger charge is 2.60. The van der Waals surface area contributed by atoms with E-state index in [1.54, 1.807) is 0 Å². The van der Waals surface area contributed by atoms with Crippen LogP contribution in [-0.2, 0) is 4.79 Å². The number of carbonyl (C=O) groups excluding carboxylic acids is 1. The molecule has 1 saturated carbocycles. The monoisotopic (exact) mass is 230 g/mol. The van der Waals surface area contributed by atoms with E-state index in [-0.39, 0.29) is 18.8 Å². The predicted octanol–water partition coefficient (Wildman–Crippen LogP) is 1.83. The predicted molar refractivity (Wildman–Crippen MR) is 55.3 cm³/mol. The van der Waals surface area contributed by atoms with Gasteiger partial charge in [0.1, 0.15) is 0 Å². The van der Waals surface area contributed by atoms with Gasteiger partial charge >= 0.3 is 0 Å². The topological polar surface area (TPSA) is 32.7 Å². The van der Waals surface area contributed by atoms with E-state index in [0.717, 1.165) is 25.9 Å². The molecule has 1 atom stereocenters. The van der Waals surface area contributed by atoms with Gasteiger partial charge in [-0.2, -0.15) is 4.99 Å². The Hall–Kier alpha value is -0.800. The lowest BCUT2D eigenvalue weighted by atomic mass is 9.64. The molecule has 2 fully saturated rings. The highest BCUT2D eigenvalue weighted by molar-refractivity contribution is 5.36. The summed E-state index contributed by atoms with van der Waals surface area (Å²) in [5, 5.41) is 0. The molecule has 1 unspecified atom stereocenters. The SMILES string of the molecule is CN1CCCC(C2(N=C=O)CC(F)(F)C2)C1. The van der Waals surface area contributed by atoms with Crippen LogP contribution in [0.25, 0.3) is 0 Å². The molecule has 0 bridgehead atoms. The Morgan fingerprint density at radius 2 is 2.12 bits per heavy atom. The average molecular weight is 230 g/mol. The third-order valence-corrected chi connectivity index (χ3v) is 3.78.